The Morgan fingerprint density at radius 2 is 1.19 bits per heavy atom. The molecule has 0 N–H and O–H groups in total. The molecule has 1 heteroatoms. The van der Waals surface area contributed by atoms with Gasteiger partial charge in [-0.25, -0.2) is 0 Å². The number of hydrogen-bond acceptors (Lipinski definition) is 1. The number of hydrogen-bond donors (Lipinski definition) is 0. The number of benzene rings is 3. The minimum absolute atomic E-state index is 0.271. The van der Waals surface area contributed by atoms with Crippen LogP contribution in [0.4, 0.5) is 5.69 Å². The first-order valence-corrected chi connectivity index (χ1v) is 9.80. The normalized spacial score (nSPS) is 14.0. The van der Waals surface area contributed by atoms with Crippen LogP contribution in [-0.2, 0) is 5.41 Å². The quantitative estimate of drug-likeness (QED) is 0.416. The molecule has 0 saturated carbocycles. The minimum Gasteiger partial charge on any atom is -0.260 e. The van der Waals surface area contributed by atoms with E-state index < -0.39 is 0 Å². The molecule has 0 aliphatic carbocycles. The molecule has 1 unspecified atom stereocenters. The molecule has 138 valence electrons. The summed E-state index contributed by atoms with van der Waals surface area (Å²) in [6.45, 7) is 9.03. The molecule has 0 saturated heterocycles. The second-order valence-corrected chi connectivity index (χ2v) is 7.76. The van der Waals surface area contributed by atoms with Crippen LogP contribution in [0, 0.1) is 5.92 Å². The maximum absolute atomic E-state index is 4.89. The molecule has 1 nitrogen and oxygen atoms in total. The van der Waals surface area contributed by atoms with Crippen molar-refractivity contribution in [3.63, 3.8) is 0 Å². The van der Waals surface area contributed by atoms with Gasteiger partial charge >= 0.3 is 0 Å². The van der Waals surface area contributed by atoms with Crippen LogP contribution in [0.25, 0.3) is 0 Å². The predicted molar refractivity (Wildman–Crippen MR) is 117 cm³/mol. The highest BCUT2D eigenvalue weighted by atomic mass is 14.7. The standard InChI is InChI=1S/C26H29N/c1-20(2)22-15-17-24(18-16-22)26(21(3)4,23-11-7-5-8-12-23)19-27-25-13-9-6-10-14-25/h5-21H,1-4H3. The fourth-order valence-corrected chi connectivity index (χ4v) is 3.68. The average molecular weight is 356 g/mol. The van der Waals surface area contributed by atoms with Crippen LogP contribution in [0.3, 0.4) is 0 Å². The van der Waals surface area contributed by atoms with E-state index >= 15 is 0 Å². The summed E-state index contributed by atoms with van der Waals surface area (Å²) >= 11 is 0. The highest BCUT2D eigenvalue weighted by Crippen LogP contribution is 2.39. The van der Waals surface area contributed by atoms with Crippen molar-refractivity contribution in [1.29, 1.82) is 0 Å². The van der Waals surface area contributed by atoms with Gasteiger partial charge in [-0.05, 0) is 40.7 Å². The molecule has 0 heterocycles. The number of nitrogens with zero attached hydrogens (tertiary/aromatic N) is 1. The summed E-state index contributed by atoms with van der Waals surface area (Å²) in [6, 6.07) is 30.0. The van der Waals surface area contributed by atoms with Gasteiger partial charge in [-0.1, -0.05) is 100 Å². The zero-order valence-electron chi connectivity index (χ0n) is 16.8. The first kappa shape index (κ1) is 19.1. The molecule has 0 fully saturated rings. The van der Waals surface area contributed by atoms with E-state index in [-0.39, 0.29) is 5.41 Å². The summed E-state index contributed by atoms with van der Waals surface area (Å²) in [7, 11) is 0. The summed E-state index contributed by atoms with van der Waals surface area (Å²) in [4.78, 5) is 4.89. The van der Waals surface area contributed by atoms with Gasteiger partial charge in [0.25, 0.3) is 0 Å². The van der Waals surface area contributed by atoms with Crippen LogP contribution in [0.5, 0.6) is 0 Å². The van der Waals surface area contributed by atoms with Gasteiger partial charge in [-0.3, -0.25) is 4.99 Å². The second kappa shape index (κ2) is 8.35. The lowest BCUT2D eigenvalue weighted by molar-refractivity contribution is 0.490. The van der Waals surface area contributed by atoms with Gasteiger partial charge in [-0.15, -0.1) is 0 Å². The van der Waals surface area contributed by atoms with E-state index in [0.717, 1.165) is 5.69 Å². The van der Waals surface area contributed by atoms with Crippen molar-refractivity contribution in [2.24, 2.45) is 10.9 Å². The summed E-state index contributed by atoms with van der Waals surface area (Å²) in [5, 5.41) is 0. The summed E-state index contributed by atoms with van der Waals surface area (Å²) in [5.41, 5.74) is 4.64. The lowest BCUT2D eigenvalue weighted by Crippen LogP contribution is -2.35. The zero-order valence-corrected chi connectivity index (χ0v) is 16.8. The fourth-order valence-electron chi connectivity index (χ4n) is 3.68. The molecule has 1 atom stereocenters. The number of para-hydroxylation sites is 1. The lowest BCUT2D eigenvalue weighted by Gasteiger charge is -2.35. The van der Waals surface area contributed by atoms with Crippen LogP contribution >= 0.6 is 0 Å². The third-order valence-corrected chi connectivity index (χ3v) is 5.39. The Balaban J connectivity index is 2.16. The van der Waals surface area contributed by atoms with Gasteiger partial charge in [-0.2, -0.15) is 0 Å². The second-order valence-electron chi connectivity index (χ2n) is 7.76. The Morgan fingerprint density at radius 3 is 1.70 bits per heavy atom. The minimum atomic E-state index is -0.271. The molecule has 0 amide bonds. The molecule has 0 radical (unpaired) electrons. The molecule has 0 aromatic heterocycles. The Kier molecular flexibility index (Phi) is 5.91. The van der Waals surface area contributed by atoms with Crippen LogP contribution in [0.15, 0.2) is 89.9 Å². The summed E-state index contributed by atoms with van der Waals surface area (Å²) < 4.78 is 0. The zero-order chi connectivity index (χ0) is 19.3. The Labute approximate surface area is 163 Å². The van der Waals surface area contributed by atoms with Gasteiger partial charge in [0.2, 0.25) is 0 Å². The Morgan fingerprint density at radius 1 is 0.667 bits per heavy atom. The van der Waals surface area contributed by atoms with Gasteiger partial charge < -0.3 is 0 Å². The highest BCUT2D eigenvalue weighted by Gasteiger charge is 2.36. The van der Waals surface area contributed by atoms with Crippen molar-refractivity contribution in [2.45, 2.75) is 39.0 Å². The van der Waals surface area contributed by atoms with E-state index in [2.05, 4.69) is 101 Å². The van der Waals surface area contributed by atoms with Gasteiger partial charge in [0.15, 0.2) is 0 Å². The number of aliphatic imine (C=N–C) groups is 1. The van der Waals surface area contributed by atoms with Crippen molar-refractivity contribution < 1.29 is 0 Å². The van der Waals surface area contributed by atoms with Crippen LogP contribution in [0.1, 0.15) is 50.3 Å². The predicted octanol–water partition coefficient (Wildman–Crippen LogP) is 7.15. The Bertz CT molecular complexity index is 861. The first-order valence-electron chi connectivity index (χ1n) is 9.80. The molecule has 27 heavy (non-hydrogen) atoms. The maximum Gasteiger partial charge on any atom is 0.0626 e. The van der Waals surface area contributed by atoms with E-state index in [1.165, 1.54) is 16.7 Å². The van der Waals surface area contributed by atoms with Crippen molar-refractivity contribution >= 4 is 11.9 Å². The Hall–Kier alpha value is -2.67. The van der Waals surface area contributed by atoms with E-state index in [0.29, 0.717) is 11.8 Å². The lowest BCUT2D eigenvalue weighted by atomic mass is 9.67. The third kappa shape index (κ3) is 4.03. The van der Waals surface area contributed by atoms with Gasteiger partial charge in [0.05, 0.1) is 11.1 Å². The maximum atomic E-state index is 4.89. The SMILES string of the molecule is CC(C)c1ccc(C(C=Nc2ccccc2)(c2ccccc2)C(C)C)cc1. The molecule has 0 aliphatic rings. The van der Waals surface area contributed by atoms with E-state index in [4.69, 9.17) is 4.99 Å². The summed E-state index contributed by atoms with van der Waals surface area (Å²) in [6.07, 6.45) is 2.15. The van der Waals surface area contributed by atoms with Crippen molar-refractivity contribution in [2.75, 3.05) is 0 Å². The van der Waals surface area contributed by atoms with Crippen molar-refractivity contribution in [3.8, 4) is 0 Å². The monoisotopic (exact) mass is 355 g/mol. The largest absolute Gasteiger partial charge is 0.260 e. The smallest absolute Gasteiger partial charge is 0.0626 e. The van der Waals surface area contributed by atoms with E-state index in [1.54, 1.807) is 0 Å². The van der Waals surface area contributed by atoms with Crippen molar-refractivity contribution in [1.82, 2.24) is 0 Å². The highest BCUT2D eigenvalue weighted by molar-refractivity contribution is 5.82. The van der Waals surface area contributed by atoms with Crippen LogP contribution in [-0.4, -0.2) is 6.21 Å². The molecular weight excluding hydrogens is 326 g/mol. The van der Waals surface area contributed by atoms with Gasteiger partial charge in [0.1, 0.15) is 0 Å². The van der Waals surface area contributed by atoms with Gasteiger partial charge in [0, 0.05) is 6.21 Å². The summed E-state index contributed by atoms with van der Waals surface area (Å²) in [5.74, 6) is 0.888. The number of rotatable bonds is 6. The molecule has 0 aliphatic heterocycles. The topological polar surface area (TPSA) is 12.4 Å². The fraction of sp³-hybridized carbons (Fsp3) is 0.269. The van der Waals surface area contributed by atoms with Crippen molar-refractivity contribution in [3.05, 3.63) is 102 Å². The first-order chi connectivity index (χ1) is 13.0. The molecule has 3 aromatic carbocycles. The van der Waals surface area contributed by atoms with E-state index in [9.17, 15) is 0 Å². The van der Waals surface area contributed by atoms with Crippen LogP contribution in [0.2, 0.25) is 0 Å². The van der Waals surface area contributed by atoms with E-state index in [1.807, 2.05) is 18.2 Å². The molecular formula is C26H29N. The third-order valence-electron chi connectivity index (χ3n) is 5.39. The molecule has 3 aromatic rings. The molecule has 3 rings (SSSR count). The molecule has 0 bridgehead atoms. The molecule has 0 spiro atoms. The van der Waals surface area contributed by atoms with Crippen LogP contribution < -0.4 is 0 Å². The average Bonchev–Trinajstić information content (AvgIpc) is 2.70.